The zero-order chi connectivity index (χ0) is 14.0. The summed E-state index contributed by atoms with van der Waals surface area (Å²) < 4.78 is 5.64. The lowest BCUT2D eigenvalue weighted by Crippen LogP contribution is -2.11. The third kappa shape index (κ3) is 2.91. The Bertz CT molecular complexity index is 576. The van der Waals surface area contributed by atoms with Gasteiger partial charge in [-0.15, -0.1) is 0 Å². The van der Waals surface area contributed by atoms with Crippen molar-refractivity contribution in [3.8, 4) is 5.75 Å². The zero-order valence-electron chi connectivity index (χ0n) is 12.7. The van der Waals surface area contributed by atoms with E-state index in [4.69, 9.17) is 4.74 Å². The van der Waals surface area contributed by atoms with Gasteiger partial charge in [-0.1, -0.05) is 52.0 Å². The van der Waals surface area contributed by atoms with Crippen LogP contribution in [0.15, 0.2) is 30.3 Å². The van der Waals surface area contributed by atoms with Gasteiger partial charge in [0.05, 0.1) is 7.11 Å². The molecule has 1 heteroatoms. The van der Waals surface area contributed by atoms with E-state index in [1.165, 1.54) is 21.9 Å². The van der Waals surface area contributed by atoms with Crippen LogP contribution in [0, 0.1) is 5.41 Å². The van der Waals surface area contributed by atoms with Crippen molar-refractivity contribution in [2.24, 2.45) is 5.41 Å². The van der Waals surface area contributed by atoms with Crippen molar-refractivity contribution in [1.29, 1.82) is 0 Å². The summed E-state index contributed by atoms with van der Waals surface area (Å²) in [5.74, 6) is 1.03. The molecule has 0 saturated carbocycles. The molecule has 2 rings (SSSR count). The first kappa shape index (κ1) is 13.9. The van der Waals surface area contributed by atoms with Crippen LogP contribution in [-0.2, 0) is 12.8 Å². The van der Waals surface area contributed by atoms with Crippen LogP contribution in [-0.4, -0.2) is 7.11 Å². The number of aryl methyl sites for hydroxylation is 1. The van der Waals surface area contributed by atoms with Crippen molar-refractivity contribution in [1.82, 2.24) is 0 Å². The quantitative estimate of drug-likeness (QED) is 0.751. The molecular weight excluding hydrogens is 232 g/mol. The van der Waals surface area contributed by atoms with E-state index in [-0.39, 0.29) is 5.41 Å². The van der Waals surface area contributed by atoms with Crippen LogP contribution in [0.5, 0.6) is 5.75 Å². The molecule has 0 fully saturated rings. The minimum Gasteiger partial charge on any atom is -0.496 e. The first-order valence-corrected chi connectivity index (χ1v) is 7.03. The molecule has 0 spiro atoms. The number of fused-ring (bicyclic) bond motifs is 1. The molecule has 0 atom stereocenters. The molecule has 102 valence electrons. The topological polar surface area (TPSA) is 9.23 Å². The molecule has 0 bridgehead atoms. The van der Waals surface area contributed by atoms with Gasteiger partial charge in [-0.3, -0.25) is 0 Å². The molecule has 0 aliphatic carbocycles. The molecule has 0 saturated heterocycles. The molecule has 0 heterocycles. The summed E-state index contributed by atoms with van der Waals surface area (Å²) in [7, 11) is 1.77. The lowest BCUT2D eigenvalue weighted by molar-refractivity contribution is 0.380. The number of ether oxygens (including phenoxy) is 1. The Kier molecular flexibility index (Phi) is 3.84. The highest BCUT2D eigenvalue weighted by Crippen LogP contribution is 2.35. The average molecular weight is 256 g/mol. The van der Waals surface area contributed by atoms with Crippen LogP contribution in [0.1, 0.15) is 38.8 Å². The highest BCUT2D eigenvalue weighted by molar-refractivity contribution is 5.90. The van der Waals surface area contributed by atoms with E-state index in [9.17, 15) is 0 Å². The van der Waals surface area contributed by atoms with Crippen LogP contribution >= 0.6 is 0 Å². The Labute approximate surface area is 116 Å². The molecule has 2 aromatic rings. The lowest BCUT2D eigenvalue weighted by Gasteiger charge is -2.22. The molecule has 0 N–H and O–H groups in total. The van der Waals surface area contributed by atoms with Gasteiger partial charge >= 0.3 is 0 Å². The maximum absolute atomic E-state index is 5.64. The fourth-order valence-corrected chi connectivity index (χ4v) is 2.67. The Balaban J connectivity index is 2.72. The molecule has 1 nitrogen and oxygen atoms in total. The van der Waals surface area contributed by atoms with E-state index in [0.717, 1.165) is 18.6 Å². The molecule has 0 aromatic heterocycles. The van der Waals surface area contributed by atoms with Crippen LogP contribution in [0.4, 0.5) is 0 Å². The van der Waals surface area contributed by atoms with Crippen molar-refractivity contribution in [2.45, 2.75) is 40.5 Å². The van der Waals surface area contributed by atoms with E-state index >= 15 is 0 Å². The maximum Gasteiger partial charge on any atom is 0.122 e. The summed E-state index contributed by atoms with van der Waals surface area (Å²) in [4.78, 5) is 0. The summed E-state index contributed by atoms with van der Waals surface area (Å²) in [6, 6.07) is 10.9. The van der Waals surface area contributed by atoms with E-state index in [2.05, 4.69) is 58.0 Å². The average Bonchev–Trinajstić information content (AvgIpc) is 2.37. The summed E-state index contributed by atoms with van der Waals surface area (Å²) >= 11 is 0. The predicted molar refractivity (Wildman–Crippen MR) is 83.0 cm³/mol. The highest BCUT2D eigenvalue weighted by atomic mass is 16.5. The van der Waals surface area contributed by atoms with Crippen molar-refractivity contribution >= 4 is 10.8 Å². The molecule has 0 unspecified atom stereocenters. The highest BCUT2D eigenvalue weighted by Gasteiger charge is 2.18. The minimum absolute atomic E-state index is 0.254. The molecule has 0 aliphatic heterocycles. The molecule has 2 aromatic carbocycles. The summed E-state index contributed by atoms with van der Waals surface area (Å²) in [5.41, 5.74) is 2.96. The summed E-state index contributed by atoms with van der Waals surface area (Å²) in [6.45, 7) is 9.02. The lowest BCUT2D eigenvalue weighted by atomic mass is 9.84. The number of hydrogen-bond acceptors (Lipinski definition) is 1. The SMILES string of the molecule is CCc1cc(OC)c(CC(C)(C)C)c2ccccc12. The summed E-state index contributed by atoms with van der Waals surface area (Å²) in [5, 5.41) is 2.71. The number of methoxy groups -OCH3 is 1. The maximum atomic E-state index is 5.64. The third-order valence-electron chi connectivity index (χ3n) is 3.51. The minimum atomic E-state index is 0.254. The Morgan fingerprint density at radius 2 is 1.68 bits per heavy atom. The standard InChI is InChI=1S/C18H24O/c1-6-13-11-17(19-5)16(12-18(2,3)4)15-10-8-7-9-14(13)15/h7-11H,6,12H2,1-5H3. The Morgan fingerprint density at radius 3 is 2.21 bits per heavy atom. The second-order valence-electron chi connectivity index (χ2n) is 6.35. The molecular formula is C18H24O. The largest absolute Gasteiger partial charge is 0.496 e. The van der Waals surface area contributed by atoms with Crippen LogP contribution in [0.3, 0.4) is 0 Å². The van der Waals surface area contributed by atoms with Crippen LogP contribution in [0.25, 0.3) is 10.8 Å². The fraction of sp³-hybridized carbons (Fsp3) is 0.444. The van der Waals surface area contributed by atoms with E-state index in [1.807, 2.05) is 0 Å². The number of hydrogen-bond donors (Lipinski definition) is 0. The van der Waals surface area contributed by atoms with Crippen molar-refractivity contribution in [2.75, 3.05) is 7.11 Å². The van der Waals surface area contributed by atoms with Crippen molar-refractivity contribution in [3.05, 3.63) is 41.5 Å². The monoisotopic (exact) mass is 256 g/mol. The number of benzene rings is 2. The normalized spacial score (nSPS) is 11.8. The smallest absolute Gasteiger partial charge is 0.122 e. The van der Waals surface area contributed by atoms with E-state index < -0.39 is 0 Å². The molecule has 0 amide bonds. The second kappa shape index (κ2) is 5.24. The fourth-order valence-electron chi connectivity index (χ4n) is 2.67. The van der Waals surface area contributed by atoms with Crippen LogP contribution < -0.4 is 4.74 Å². The molecule has 19 heavy (non-hydrogen) atoms. The van der Waals surface area contributed by atoms with Gasteiger partial charge in [-0.05, 0) is 40.7 Å². The Hall–Kier alpha value is -1.50. The molecule has 0 radical (unpaired) electrons. The zero-order valence-corrected chi connectivity index (χ0v) is 12.7. The van der Waals surface area contributed by atoms with E-state index in [1.54, 1.807) is 7.11 Å². The van der Waals surface area contributed by atoms with Gasteiger partial charge in [-0.2, -0.15) is 0 Å². The predicted octanol–water partition coefficient (Wildman–Crippen LogP) is 5.00. The van der Waals surface area contributed by atoms with Gasteiger partial charge in [0.25, 0.3) is 0 Å². The van der Waals surface area contributed by atoms with Crippen LogP contribution in [0.2, 0.25) is 0 Å². The third-order valence-corrected chi connectivity index (χ3v) is 3.51. The van der Waals surface area contributed by atoms with Gasteiger partial charge < -0.3 is 4.74 Å². The van der Waals surface area contributed by atoms with Gasteiger partial charge in [0.1, 0.15) is 5.75 Å². The number of rotatable bonds is 3. The van der Waals surface area contributed by atoms with Gasteiger partial charge in [0.2, 0.25) is 0 Å². The van der Waals surface area contributed by atoms with Gasteiger partial charge in [0, 0.05) is 5.56 Å². The van der Waals surface area contributed by atoms with Gasteiger partial charge in [-0.25, -0.2) is 0 Å². The van der Waals surface area contributed by atoms with Gasteiger partial charge in [0.15, 0.2) is 0 Å². The Morgan fingerprint density at radius 1 is 1.05 bits per heavy atom. The second-order valence-corrected chi connectivity index (χ2v) is 6.35. The first-order chi connectivity index (χ1) is 8.96. The summed E-state index contributed by atoms with van der Waals surface area (Å²) in [6.07, 6.45) is 2.06. The van der Waals surface area contributed by atoms with Crippen molar-refractivity contribution in [3.63, 3.8) is 0 Å². The van der Waals surface area contributed by atoms with E-state index in [0.29, 0.717) is 0 Å². The molecule has 0 aliphatic rings. The van der Waals surface area contributed by atoms with Crippen molar-refractivity contribution < 1.29 is 4.74 Å². The first-order valence-electron chi connectivity index (χ1n) is 7.03.